The van der Waals surface area contributed by atoms with E-state index in [0.29, 0.717) is 6.42 Å². The highest BCUT2D eigenvalue weighted by atomic mass is 16.7. The summed E-state index contributed by atoms with van der Waals surface area (Å²) < 4.78 is 16.0. The Morgan fingerprint density at radius 1 is 1.32 bits per heavy atom. The first-order valence-electron chi connectivity index (χ1n) is 8.25. The molecule has 0 fully saturated rings. The third-order valence-corrected chi connectivity index (χ3v) is 3.99. The monoisotopic (exact) mass is 350 g/mol. The normalized spacial score (nSPS) is 14.0. The van der Waals surface area contributed by atoms with Crippen LogP contribution in [0.25, 0.3) is 0 Å². The smallest absolute Gasteiger partial charge is 0.409 e. The lowest BCUT2D eigenvalue weighted by molar-refractivity contribution is -0.121. The van der Waals surface area contributed by atoms with E-state index < -0.39 is 11.6 Å². The number of nitrogens with zero attached hydrogens (tertiary/aromatic N) is 1. The average Bonchev–Trinajstić information content (AvgIpc) is 2.98. The molecule has 0 aliphatic carbocycles. The molecule has 25 heavy (non-hydrogen) atoms. The second kappa shape index (κ2) is 7.63. The lowest BCUT2D eigenvalue weighted by Crippen LogP contribution is -2.48. The zero-order valence-corrected chi connectivity index (χ0v) is 15.4. The highest BCUT2D eigenvalue weighted by Crippen LogP contribution is 2.32. The Labute approximate surface area is 148 Å². The molecule has 1 aromatic carbocycles. The van der Waals surface area contributed by atoms with Crippen molar-refractivity contribution in [3.63, 3.8) is 0 Å². The van der Waals surface area contributed by atoms with E-state index in [4.69, 9.17) is 14.2 Å². The van der Waals surface area contributed by atoms with Gasteiger partial charge >= 0.3 is 6.09 Å². The van der Waals surface area contributed by atoms with E-state index in [1.807, 2.05) is 25.1 Å². The Balaban J connectivity index is 1.87. The molecule has 1 heterocycles. The van der Waals surface area contributed by atoms with Gasteiger partial charge in [0.1, 0.15) is 6.61 Å². The van der Waals surface area contributed by atoms with Gasteiger partial charge in [-0.05, 0) is 44.9 Å². The maximum Gasteiger partial charge on any atom is 0.409 e. The Morgan fingerprint density at radius 2 is 2.00 bits per heavy atom. The van der Waals surface area contributed by atoms with E-state index in [1.165, 1.54) is 6.92 Å². The molecule has 1 aliphatic rings. The summed E-state index contributed by atoms with van der Waals surface area (Å²) in [5.41, 5.74) is 0.443. The van der Waals surface area contributed by atoms with Gasteiger partial charge in [0.15, 0.2) is 11.5 Å². The molecule has 2 rings (SSSR count). The minimum absolute atomic E-state index is 0.0586. The van der Waals surface area contributed by atoms with Crippen molar-refractivity contribution in [1.29, 1.82) is 0 Å². The first-order valence-corrected chi connectivity index (χ1v) is 8.25. The SMILES string of the molecule is CC(=O)NC(C)(C)COC(=O)N(C)C(C)Cc1ccc2c(c1)OCO2. The Hall–Kier alpha value is -2.44. The van der Waals surface area contributed by atoms with Crippen LogP contribution in [0.5, 0.6) is 11.5 Å². The van der Waals surface area contributed by atoms with Gasteiger partial charge < -0.3 is 24.4 Å². The Morgan fingerprint density at radius 3 is 2.68 bits per heavy atom. The largest absolute Gasteiger partial charge is 0.454 e. The van der Waals surface area contributed by atoms with Gasteiger partial charge in [0.2, 0.25) is 12.7 Å². The summed E-state index contributed by atoms with van der Waals surface area (Å²) in [7, 11) is 1.70. The second-order valence-electron chi connectivity index (χ2n) is 6.97. The fourth-order valence-electron chi connectivity index (χ4n) is 2.58. The molecule has 1 atom stereocenters. The van der Waals surface area contributed by atoms with Crippen molar-refractivity contribution >= 4 is 12.0 Å². The van der Waals surface area contributed by atoms with E-state index in [2.05, 4.69) is 5.32 Å². The Bertz CT molecular complexity index is 644. The highest BCUT2D eigenvalue weighted by Gasteiger charge is 2.24. The summed E-state index contributed by atoms with van der Waals surface area (Å²) in [6.07, 6.45) is 0.240. The third kappa shape index (κ3) is 5.27. The second-order valence-corrected chi connectivity index (χ2v) is 6.97. The van der Waals surface area contributed by atoms with Gasteiger partial charge in [0.05, 0.1) is 5.54 Å². The molecular formula is C18H26N2O5. The van der Waals surface area contributed by atoms with Gasteiger partial charge in [0, 0.05) is 20.0 Å². The minimum Gasteiger partial charge on any atom is -0.454 e. The molecule has 1 N–H and O–H groups in total. The van der Waals surface area contributed by atoms with Crippen molar-refractivity contribution in [2.75, 3.05) is 20.4 Å². The van der Waals surface area contributed by atoms with Crippen molar-refractivity contribution in [2.45, 2.75) is 45.7 Å². The number of carbonyl (C=O) groups excluding carboxylic acids is 2. The number of fused-ring (bicyclic) bond motifs is 1. The number of likely N-dealkylation sites (N-methyl/N-ethyl adjacent to an activating group) is 1. The highest BCUT2D eigenvalue weighted by molar-refractivity contribution is 5.74. The first kappa shape index (κ1) is 18.9. The molecule has 7 nitrogen and oxygen atoms in total. The molecule has 7 heteroatoms. The van der Waals surface area contributed by atoms with Crippen LogP contribution < -0.4 is 14.8 Å². The predicted molar refractivity (Wildman–Crippen MR) is 92.7 cm³/mol. The zero-order valence-electron chi connectivity index (χ0n) is 15.4. The van der Waals surface area contributed by atoms with E-state index in [-0.39, 0.29) is 25.3 Å². The lowest BCUT2D eigenvalue weighted by Gasteiger charge is -2.29. The van der Waals surface area contributed by atoms with Gasteiger partial charge in [-0.2, -0.15) is 0 Å². The molecule has 0 saturated heterocycles. The molecule has 0 radical (unpaired) electrons. The van der Waals surface area contributed by atoms with Crippen LogP contribution in [-0.2, 0) is 16.0 Å². The van der Waals surface area contributed by atoms with Crippen LogP contribution in [0.1, 0.15) is 33.3 Å². The van der Waals surface area contributed by atoms with E-state index in [9.17, 15) is 9.59 Å². The van der Waals surface area contributed by atoms with E-state index >= 15 is 0 Å². The summed E-state index contributed by atoms with van der Waals surface area (Å²) in [5, 5.41) is 2.75. The topological polar surface area (TPSA) is 77.1 Å². The van der Waals surface area contributed by atoms with Crippen LogP contribution in [0, 0.1) is 0 Å². The summed E-state index contributed by atoms with van der Waals surface area (Å²) in [4.78, 5) is 24.9. The van der Waals surface area contributed by atoms with Crippen molar-refractivity contribution in [3.05, 3.63) is 23.8 Å². The number of hydrogen-bond donors (Lipinski definition) is 1. The fourth-order valence-corrected chi connectivity index (χ4v) is 2.58. The number of amides is 2. The number of ether oxygens (including phenoxy) is 3. The maximum atomic E-state index is 12.2. The van der Waals surface area contributed by atoms with Gasteiger partial charge in [-0.1, -0.05) is 6.07 Å². The summed E-state index contributed by atoms with van der Waals surface area (Å²) in [6, 6.07) is 5.70. The molecular weight excluding hydrogens is 324 g/mol. The third-order valence-electron chi connectivity index (χ3n) is 3.99. The number of hydrogen-bond acceptors (Lipinski definition) is 5. The molecule has 1 unspecified atom stereocenters. The molecule has 0 aromatic heterocycles. The van der Waals surface area contributed by atoms with Crippen LogP contribution in [0.4, 0.5) is 4.79 Å². The quantitative estimate of drug-likeness (QED) is 0.852. The van der Waals surface area contributed by atoms with Gasteiger partial charge in [-0.15, -0.1) is 0 Å². The summed E-state index contributed by atoms with van der Waals surface area (Å²) >= 11 is 0. The molecule has 0 saturated carbocycles. The fraction of sp³-hybridized carbons (Fsp3) is 0.556. The molecule has 1 aliphatic heterocycles. The van der Waals surface area contributed by atoms with Crippen LogP contribution >= 0.6 is 0 Å². The standard InChI is InChI=1S/C18H26N2O5/c1-12(8-14-6-7-15-16(9-14)25-11-24-15)20(5)17(22)23-10-18(3,4)19-13(2)21/h6-7,9,12H,8,10-11H2,1-5H3,(H,19,21). The van der Waals surface area contributed by atoms with Crippen molar-refractivity contribution in [1.82, 2.24) is 10.2 Å². The van der Waals surface area contributed by atoms with Crippen molar-refractivity contribution in [3.8, 4) is 11.5 Å². The minimum atomic E-state index is -0.608. The van der Waals surface area contributed by atoms with Gasteiger partial charge in [-0.25, -0.2) is 4.79 Å². The molecule has 2 amide bonds. The van der Waals surface area contributed by atoms with Crippen LogP contribution in [0.15, 0.2) is 18.2 Å². The number of carbonyl (C=O) groups is 2. The number of rotatable bonds is 6. The van der Waals surface area contributed by atoms with Crippen LogP contribution in [0.2, 0.25) is 0 Å². The maximum absolute atomic E-state index is 12.2. The molecule has 1 aromatic rings. The zero-order chi connectivity index (χ0) is 18.6. The lowest BCUT2D eigenvalue weighted by atomic mass is 10.1. The van der Waals surface area contributed by atoms with Gasteiger partial charge in [0.25, 0.3) is 0 Å². The predicted octanol–water partition coefficient (Wildman–Crippen LogP) is 2.33. The average molecular weight is 350 g/mol. The first-order chi connectivity index (χ1) is 11.7. The summed E-state index contributed by atoms with van der Waals surface area (Å²) in [6.45, 7) is 7.33. The van der Waals surface area contributed by atoms with Gasteiger partial charge in [-0.3, -0.25) is 4.79 Å². The van der Waals surface area contributed by atoms with E-state index in [0.717, 1.165) is 17.1 Å². The summed E-state index contributed by atoms with van der Waals surface area (Å²) in [5.74, 6) is 1.31. The molecule has 138 valence electrons. The molecule has 0 spiro atoms. The number of nitrogens with one attached hydrogen (secondary N) is 1. The van der Waals surface area contributed by atoms with Crippen molar-refractivity contribution in [2.24, 2.45) is 0 Å². The molecule has 0 bridgehead atoms. The van der Waals surface area contributed by atoms with E-state index in [1.54, 1.807) is 25.8 Å². The van der Waals surface area contributed by atoms with Crippen molar-refractivity contribution < 1.29 is 23.8 Å². The van der Waals surface area contributed by atoms with Crippen LogP contribution in [-0.4, -0.2) is 48.9 Å². The Kier molecular flexibility index (Phi) is 5.77. The van der Waals surface area contributed by atoms with Crippen LogP contribution in [0.3, 0.4) is 0 Å². The number of benzene rings is 1.